The van der Waals surface area contributed by atoms with Crippen molar-refractivity contribution in [2.24, 2.45) is 0 Å². The lowest BCUT2D eigenvalue weighted by atomic mass is 10.0. The molecule has 3 heterocycles. The van der Waals surface area contributed by atoms with Gasteiger partial charge in [0.25, 0.3) is 5.56 Å². The van der Waals surface area contributed by atoms with E-state index in [9.17, 15) is 14.0 Å². The summed E-state index contributed by atoms with van der Waals surface area (Å²) in [6, 6.07) is 27.4. The predicted octanol–water partition coefficient (Wildman–Crippen LogP) is 4.50. The fourth-order valence-electron chi connectivity index (χ4n) is 5.04. The summed E-state index contributed by atoms with van der Waals surface area (Å²) in [7, 11) is 0. The van der Waals surface area contributed by atoms with E-state index in [1.54, 1.807) is 0 Å². The molecule has 1 N–H and O–H groups in total. The van der Waals surface area contributed by atoms with Crippen molar-refractivity contribution in [3.8, 4) is 11.3 Å². The van der Waals surface area contributed by atoms with Crippen molar-refractivity contribution in [2.45, 2.75) is 26.1 Å². The normalized spacial score (nSPS) is 13.4. The van der Waals surface area contributed by atoms with Crippen LogP contribution in [0.5, 0.6) is 0 Å². The van der Waals surface area contributed by atoms with Crippen molar-refractivity contribution in [1.29, 1.82) is 0 Å². The molecule has 0 aliphatic carbocycles. The lowest BCUT2D eigenvalue weighted by molar-refractivity contribution is -0.116. The summed E-state index contributed by atoms with van der Waals surface area (Å²) in [6.45, 7) is 2.00. The topological polar surface area (TPSA) is 71.6 Å². The lowest BCUT2D eigenvalue weighted by Gasteiger charge is -2.30. The minimum absolute atomic E-state index is 0.0113. The number of hydrogen-bond donors (Lipinski definition) is 1. The van der Waals surface area contributed by atoms with Crippen molar-refractivity contribution < 1.29 is 9.18 Å². The zero-order valence-corrected chi connectivity index (χ0v) is 20.7. The highest BCUT2D eigenvalue weighted by Crippen LogP contribution is 2.24. The Bertz CT molecular complexity index is 1660. The number of nitrogens with one attached hydrogen (secondary N) is 1. The molecule has 0 saturated carbocycles. The average molecular weight is 508 g/mol. The Hall–Kier alpha value is -4.56. The molecule has 0 spiro atoms. The summed E-state index contributed by atoms with van der Waals surface area (Å²) >= 11 is 0. The van der Waals surface area contributed by atoms with Crippen molar-refractivity contribution in [3.63, 3.8) is 0 Å². The molecule has 5 aromatic rings. The number of anilines is 1. The van der Waals surface area contributed by atoms with Crippen LogP contribution in [-0.2, 0) is 30.8 Å². The van der Waals surface area contributed by atoms with E-state index in [0.717, 1.165) is 24.3 Å². The smallest absolute Gasteiger partial charge is 0.277 e. The number of carbonyl (C=O) groups excluding carboxylic acids is 1. The second kappa shape index (κ2) is 10.1. The third-order valence-corrected chi connectivity index (χ3v) is 6.89. The van der Waals surface area contributed by atoms with Crippen molar-refractivity contribution >= 4 is 17.2 Å². The molecule has 8 heteroatoms. The summed E-state index contributed by atoms with van der Waals surface area (Å²) in [6.07, 6.45) is 0.567. The molecule has 0 atom stereocenters. The Kier molecular flexibility index (Phi) is 6.31. The van der Waals surface area contributed by atoms with Crippen LogP contribution < -0.4 is 10.9 Å². The summed E-state index contributed by atoms with van der Waals surface area (Å²) < 4.78 is 16.7. The van der Waals surface area contributed by atoms with Gasteiger partial charge < -0.3 is 9.88 Å². The van der Waals surface area contributed by atoms with Crippen LogP contribution in [0.25, 0.3) is 16.9 Å². The van der Waals surface area contributed by atoms with Crippen LogP contribution >= 0.6 is 0 Å². The minimum atomic E-state index is -0.370. The maximum Gasteiger partial charge on any atom is 0.277 e. The van der Waals surface area contributed by atoms with E-state index in [4.69, 9.17) is 0 Å². The van der Waals surface area contributed by atoms with Crippen molar-refractivity contribution in [2.75, 3.05) is 11.9 Å². The molecule has 1 aliphatic heterocycles. The number of benzene rings is 3. The van der Waals surface area contributed by atoms with E-state index in [1.807, 2.05) is 59.2 Å². The van der Waals surface area contributed by atoms with E-state index < -0.39 is 0 Å². The molecule has 0 saturated heterocycles. The molecule has 0 bridgehead atoms. The van der Waals surface area contributed by atoms with Crippen LogP contribution in [0.4, 0.5) is 10.1 Å². The first-order valence-corrected chi connectivity index (χ1v) is 12.6. The number of halogens is 1. The fraction of sp³-hybridized carbons (Fsp3) is 0.167. The maximum absolute atomic E-state index is 13.6. The fourth-order valence-corrected chi connectivity index (χ4v) is 5.04. The first kappa shape index (κ1) is 23.8. The molecule has 0 fully saturated rings. The van der Waals surface area contributed by atoms with Crippen molar-refractivity contribution in [1.82, 2.24) is 19.1 Å². The zero-order chi connectivity index (χ0) is 26.1. The molecule has 38 heavy (non-hydrogen) atoms. The van der Waals surface area contributed by atoms with E-state index in [-0.39, 0.29) is 23.8 Å². The van der Waals surface area contributed by atoms with Crippen LogP contribution in [0.1, 0.15) is 16.8 Å². The summed E-state index contributed by atoms with van der Waals surface area (Å²) in [5.74, 6) is -0.641. The van der Waals surface area contributed by atoms with Gasteiger partial charge in [0.1, 0.15) is 18.0 Å². The Morgan fingerprint density at radius 3 is 2.39 bits per heavy atom. The van der Waals surface area contributed by atoms with Gasteiger partial charge in [-0.1, -0.05) is 60.7 Å². The summed E-state index contributed by atoms with van der Waals surface area (Å²) in [4.78, 5) is 29.0. The van der Waals surface area contributed by atoms with E-state index in [0.29, 0.717) is 35.6 Å². The van der Waals surface area contributed by atoms with Gasteiger partial charge in [0.05, 0.1) is 5.69 Å². The van der Waals surface area contributed by atoms with Crippen LogP contribution in [0.3, 0.4) is 0 Å². The van der Waals surface area contributed by atoms with Gasteiger partial charge in [0.2, 0.25) is 5.91 Å². The average Bonchev–Trinajstić information content (AvgIpc) is 3.39. The van der Waals surface area contributed by atoms with Gasteiger partial charge in [0.15, 0.2) is 0 Å². The first-order valence-electron chi connectivity index (χ1n) is 12.6. The number of fused-ring (bicyclic) bond motifs is 2. The van der Waals surface area contributed by atoms with Gasteiger partial charge in [-0.3, -0.25) is 14.5 Å². The molecule has 1 amide bonds. The maximum atomic E-state index is 13.6. The van der Waals surface area contributed by atoms with Gasteiger partial charge in [-0.2, -0.15) is 9.61 Å². The molecule has 3 aromatic carbocycles. The van der Waals surface area contributed by atoms with E-state index in [2.05, 4.69) is 27.4 Å². The van der Waals surface area contributed by atoms with Gasteiger partial charge >= 0.3 is 0 Å². The summed E-state index contributed by atoms with van der Waals surface area (Å²) in [5.41, 5.74) is 5.16. The molecule has 7 nitrogen and oxygen atoms in total. The highest BCUT2D eigenvalue weighted by molar-refractivity contribution is 5.91. The first-order chi connectivity index (χ1) is 18.5. The molecule has 2 aromatic heterocycles. The van der Waals surface area contributed by atoms with Crippen molar-refractivity contribution in [3.05, 3.63) is 124 Å². The zero-order valence-electron chi connectivity index (χ0n) is 20.7. The number of rotatable bonds is 6. The van der Waals surface area contributed by atoms with Gasteiger partial charge in [0, 0.05) is 48.2 Å². The second-order valence-electron chi connectivity index (χ2n) is 9.48. The SMILES string of the molecule is O=C(Cn1c2c(c(=O)n3nc(-c4ccccc4)cc13)CCN(Cc1ccccc1)C2)Nc1ccc(F)cc1. The van der Waals surface area contributed by atoms with Gasteiger partial charge in [-0.15, -0.1) is 0 Å². The molecule has 6 rings (SSSR count). The Balaban J connectivity index is 1.41. The Morgan fingerprint density at radius 2 is 1.66 bits per heavy atom. The predicted molar refractivity (Wildman–Crippen MR) is 144 cm³/mol. The van der Waals surface area contributed by atoms with Gasteiger partial charge in [-0.05, 0) is 36.2 Å². The van der Waals surface area contributed by atoms with Gasteiger partial charge in [-0.25, -0.2) is 4.39 Å². The van der Waals surface area contributed by atoms with Crippen LogP contribution in [0.15, 0.2) is 95.8 Å². The molecule has 0 radical (unpaired) electrons. The number of aromatic nitrogens is 3. The molecular weight excluding hydrogens is 481 g/mol. The Morgan fingerprint density at radius 1 is 0.947 bits per heavy atom. The lowest BCUT2D eigenvalue weighted by Crippen LogP contribution is -2.39. The molecule has 1 aliphatic rings. The number of carbonyl (C=O) groups is 1. The number of amides is 1. The monoisotopic (exact) mass is 507 g/mol. The van der Waals surface area contributed by atoms with E-state index >= 15 is 0 Å². The standard InChI is InChI=1S/C30H26FN5O2/c31-23-11-13-24(14-12-23)32-28(37)20-35-27-19-34(18-21-7-3-1-4-8-21)16-15-25(27)30(38)36-29(35)17-26(33-36)22-9-5-2-6-10-22/h1-14,17H,15-16,18-20H2,(H,32,37). The van der Waals surface area contributed by atoms with E-state index in [1.165, 1.54) is 34.3 Å². The third kappa shape index (κ3) is 4.73. The Labute approximate surface area is 218 Å². The highest BCUT2D eigenvalue weighted by Gasteiger charge is 2.26. The molecular formula is C30H26FN5O2. The third-order valence-electron chi connectivity index (χ3n) is 6.89. The minimum Gasteiger partial charge on any atom is -0.325 e. The highest BCUT2D eigenvalue weighted by atomic mass is 19.1. The molecule has 0 unspecified atom stereocenters. The number of nitrogens with zero attached hydrogens (tertiary/aromatic N) is 4. The summed E-state index contributed by atoms with van der Waals surface area (Å²) in [5, 5.41) is 7.48. The van der Waals surface area contributed by atoms with Crippen LogP contribution in [0.2, 0.25) is 0 Å². The van der Waals surface area contributed by atoms with Crippen LogP contribution in [-0.4, -0.2) is 31.5 Å². The van der Waals surface area contributed by atoms with Crippen LogP contribution in [0, 0.1) is 5.82 Å². The second-order valence-corrected chi connectivity index (χ2v) is 9.48. The largest absolute Gasteiger partial charge is 0.325 e. The number of hydrogen-bond acceptors (Lipinski definition) is 4. The molecule has 190 valence electrons. The quantitative estimate of drug-likeness (QED) is 0.368.